The van der Waals surface area contributed by atoms with E-state index in [4.69, 9.17) is 0 Å². The van der Waals surface area contributed by atoms with E-state index in [0.717, 1.165) is 14.9 Å². The first-order valence-electron chi connectivity index (χ1n) is 8.11. The fourth-order valence-corrected chi connectivity index (χ4v) is 2.87. The first-order valence-corrected chi connectivity index (χ1v) is 8.90. The summed E-state index contributed by atoms with van der Waals surface area (Å²) in [7, 11) is 0. The molecule has 8 heteroatoms. The average Bonchev–Trinajstić information content (AvgIpc) is 2.79. The zero-order valence-electron chi connectivity index (χ0n) is 14.1. The maximum atomic E-state index is 12.3. The standard InChI is InChI=1S/C17H20BrN3O4/c1-3-9-20-15(23)16(24)21(17(20)25)10-14(22)19-13(4-2)11-5-7-12(18)8-6-11/h5-8,13H,3-4,9-10H2,1-2H3,(H,19,22)/t13-/m0/s1. The molecule has 0 unspecified atom stereocenters. The van der Waals surface area contributed by atoms with Crippen LogP contribution in [0.4, 0.5) is 4.79 Å². The van der Waals surface area contributed by atoms with Gasteiger partial charge >= 0.3 is 17.8 Å². The third-order valence-corrected chi connectivity index (χ3v) is 4.43. The van der Waals surface area contributed by atoms with E-state index in [1.165, 1.54) is 0 Å². The number of imide groups is 2. The lowest BCUT2D eigenvalue weighted by atomic mass is 10.0. The molecule has 1 heterocycles. The molecular weight excluding hydrogens is 390 g/mol. The minimum atomic E-state index is -0.953. The van der Waals surface area contributed by atoms with E-state index >= 15 is 0 Å². The summed E-state index contributed by atoms with van der Waals surface area (Å²) in [5.74, 6) is -2.31. The molecular formula is C17H20BrN3O4. The van der Waals surface area contributed by atoms with Crippen molar-refractivity contribution >= 4 is 39.7 Å². The van der Waals surface area contributed by atoms with Crippen LogP contribution in [0.15, 0.2) is 28.7 Å². The molecule has 1 aliphatic rings. The summed E-state index contributed by atoms with van der Waals surface area (Å²) in [5.41, 5.74) is 0.918. The number of nitrogens with zero attached hydrogens (tertiary/aromatic N) is 2. The number of nitrogens with one attached hydrogen (secondary N) is 1. The molecule has 5 amide bonds. The summed E-state index contributed by atoms with van der Waals surface area (Å²) >= 11 is 3.36. The van der Waals surface area contributed by atoms with Crippen molar-refractivity contribution in [2.45, 2.75) is 32.7 Å². The smallest absolute Gasteiger partial charge is 0.334 e. The second-order valence-electron chi connectivity index (χ2n) is 5.71. The first-order chi connectivity index (χ1) is 11.9. The molecule has 1 aliphatic heterocycles. The number of hydrogen-bond acceptors (Lipinski definition) is 4. The fraction of sp³-hybridized carbons (Fsp3) is 0.412. The van der Waals surface area contributed by atoms with Crippen molar-refractivity contribution in [2.24, 2.45) is 0 Å². The lowest BCUT2D eigenvalue weighted by molar-refractivity contribution is -0.144. The van der Waals surface area contributed by atoms with Gasteiger partial charge in [0, 0.05) is 11.0 Å². The molecule has 0 bridgehead atoms. The van der Waals surface area contributed by atoms with Gasteiger partial charge < -0.3 is 5.32 Å². The highest BCUT2D eigenvalue weighted by atomic mass is 79.9. The van der Waals surface area contributed by atoms with E-state index in [-0.39, 0.29) is 12.6 Å². The van der Waals surface area contributed by atoms with Gasteiger partial charge in [-0.25, -0.2) is 9.69 Å². The van der Waals surface area contributed by atoms with Crippen LogP contribution in [0.25, 0.3) is 0 Å². The van der Waals surface area contributed by atoms with E-state index in [1.807, 2.05) is 31.2 Å². The van der Waals surface area contributed by atoms with Crippen LogP contribution < -0.4 is 5.32 Å². The van der Waals surface area contributed by atoms with Gasteiger partial charge in [-0.3, -0.25) is 19.3 Å². The molecule has 1 fully saturated rings. The fourth-order valence-electron chi connectivity index (χ4n) is 2.61. The van der Waals surface area contributed by atoms with Crippen LogP contribution in [0, 0.1) is 0 Å². The number of carbonyl (C=O) groups is 4. The highest BCUT2D eigenvalue weighted by molar-refractivity contribution is 9.10. The van der Waals surface area contributed by atoms with Gasteiger partial charge in [-0.1, -0.05) is 41.9 Å². The SMILES string of the molecule is CCCN1C(=O)C(=O)N(CC(=O)N[C@@H](CC)c2ccc(Br)cc2)C1=O. The Bertz CT molecular complexity index is 690. The van der Waals surface area contributed by atoms with Crippen LogP contribution in [0.1, 0.15) is 38.3 Å². The minimum Gasteiger partial charge on any atom is -0.348 e. The Kier molecular flexibility index (Phi) is 6.30. The Hall–Kier alpha value is -2.22. The monoisotopic (exact) mass is 409 g/mol. The average molecular weight is 410 g/mol. The zero-order valence-corrected chi connectivity index (χ0v) is 15.7. The van der Waals surface area contributed by atoms with Crippen LogP contribution in [-0.2, 0) is 14.4 Å². The molecule has 0 radical (unpaired) electrons. The summed E-state index contributed by atoms with van der Waals surface area (Å²) < 4.78 is 0.931. The molecule has 0 spiro atoms. The van der Waals surface area contributed by atoms with E-state index in [9.17, 15) is 19.2 Å². The molecule has 25 heavy (non-hydrogen) atoms. The van der Waals surface area contributed by atoms with E-state index in [2.05, 4.69) is 21.2 Å². The predicted octanol–water partition coefficient (Wildman–Crippen LogP) is 2.22. The zero-order chi connectivity index (χ0) is 18.6. The molecule has 134 valence electrons. The van der Waals surface area contributed by atoms with E-state index < -0.39 is 30.3 Å². The lowest BCUT2D eigenvalue weighted by Crippen LogP contribution is -2.42. The van der Waals surface area contributed by atoms with E-state index in [1.54, 1.807) is 6.92 Å². The highest BCUT2D eigenvalue weighted by Gasteiger charge is 2.44. The lowest BCUT2D eigenvalue weighted by Gasteiger charge is -2.20. The van der Waals surface area contributed by atoms with Crippen LogP contribution in [0.2, 0.25) is 0 Å². The van der Waals surface area contributed by atoms with Gasteiger partial charge in [0.05, 0.1) is 6.04 Å². The number of hydrogen-bond donors (Lipinski definition) is 1. The molecule has 1 N–H and O–H groups in total. The molecule has 7 nitrogen and oxygen atoms in total. The van der Waals surface area contributed by atoms with Crippen LogP contribution >= 0.6 is 15.9 Å². The van der Waals surface area contributed by atoms with Crippen LogP contribution in [0.5, 0.6) is 0 Å². The van der Waals surface area contributed by atoms with Crippen LogP contribution in [-0.4, -0.2) is 46.6 Å². The number of amides is 5. The van der Waals surface area contributed by atoms with Gasteiger partial charge in [-0.05, 0) is 30.5 Å². The van der Waals surface area contributed by atoms with Crippen molar-refractivity contribution in [3.05, 3.63) is 34.3 Å². The number of urea groups is 1. The Morgan fingerprint density at radius 3 is 2.24 bits per heavy atom. The Balaban J connectivity index is 2.03. The Morgan fingerprint density at radius 2 is 1.68 bits per heavy atom. The summed E-state index contributed by atoms with van der Waals surface area (Å²) in [6, 6.07) is 6.55. The van der Waals surface area contributed by atoms with Crippen molar-refractivity contribution < 1.29 is 19.2 Å². The normalized spacial score (nSPS) is 15.7. The van der Waals surface area contributed by atoms with Crippen molar-refractivity contribution in [3.8, 4) is 0 Å². The van der Waals surface area contributed by atoms with Gasteiger partial charge in [0.1, 0.15) is 6.54 Å². The van der Waals surface area contributed by atoms with Gasteiger partial charge in [0.25, 0.3) is 0 Å². The summed E-state index contributed by atoms with van der Waals surface area (Å²) in [5, 5.41) is 2.80. The number of benzene rings is 1. The molecule has 1 aromatic carbocycles. The van der Waals surface area contributed by atoms with Gasteiger partial charge in [-0.15, -0.1) is 0 Å². The summed E-state index contributed by atoms with van der Waals surface area (Å²) in [4.78, 5) is 49.7. The molecule has 1 aromatic rings. The highest BCUT2D eigenvalue weighted by Crippen LogP contribution is 2.20. The van der Waals surface area contributed by atoms with Gasteiger partial charge in [0.2, 0.25) is 5.91 Å². The summed E-state index contributed by atoms with van der Waals surface area (Å²) in [6.07, 6.45) is 1.20. The maximum Gasteiger partial charge on any atom is 0.334 e. The van der Waals surface area contributed by atoms with E-state index in [0.29, 0.717) is 17.7 Å². The molecule has 1 atom stereocenters. The third kappa shape index (κ3) is 4.25. The van der Waals surface area contributed by atoms with Crippen molar-refractivity contribution in [2.75, 3.05) is 13.1 Å². The first kappa shape index (κ1) is 19.1. The van der Waals surface area contributed by atoms with Crippen molar-refractivity contribution in [3.63, 3.8) is 0 Å². The number of halogens is 1. The molecule has 0 aromatic heterocycles. The number of carbonyl (C=O) groups excluding carboxylic acids is 4. The molecule has 1 saturated heterocycles. The topological polar surface area (TPSA) is 86.8 Å². The quantitative estimate of drug-likeness (QED) is 0.552. The van der Waals surface area contributed by atoms with Crippen LogP contribution in [0.3, 0.4) is 0 Å². The minimum absolute atomic E-state index is 0.165. The summed E-state index contributed by atoms with van der Waals surface area (Å²) in [6.45, 7) is 3.42. The second-order valence-corrected chi connectivity index (χ2v) is 6.63. The van der Waals surface area contributed by atoms with Crippen molar-refractivity contribution in [1.82, 2.24) is 15.1 Å². The number of rotatable bonds is 7. The second kappa shape index (κ2) is 8.24. The predicted molar refractivity (Wildman–Crippen MR) is 94.4 cm³/mol. The third-order valence-electron chi connectivity index (χ3n) is 3.90. The molecule has 0 saturated carbocycles. The van der Waals surface area contributed by atoms with Gasteiger partial charge in [-0.2, -0.15) is 0 Å². The Labute approximate surface area is 154 Å². The Morgan fingerprint density at radius 1 is 1.08 bits per heavy atom. The maximum absolute atomic E-state index is 12.3. The largest absolute Gasteiger partial charge is 0.348 e. The van der Waals surface area contributed by atoms with Gasteiger partial charge in [0.15, 0.2) is 0 Å². The molecule has 0 aliphatic carbocycles. The molecule has 2 rings (SSSR count). The van der Waals surface area contributed by atoms with Crippen molar-refractivity contribution in [1.29, 1.82) is 0 Å².